The summed E-state index contributed by atoms with van der Waals surface area (Å²) in [5, 5.41) is 9.29. The van der Waals surface area contributed by atoms with Gasteiger partial charge in [-0.3, -0.25) is 10.1 Å². The molecule has 3 aromatic rings. The van der Waals surface area contributed by atoms with Crippen molar-refractivity contribution >= 4 is 51.5 Å². The van der Waals surface area contributed by atoms with E-state index in [4.69, 9.17) is 49.7 Å². The van der Waals surface area contributed by atoms with Crippen LogP contribution in [0, 0.1) is 10.1 Å². The van der Waals surface area contributed by atoms with E-state index in [1.54, 1.807) is 24.3 Å². The molecule has 0 spiro atoms. The maximum absolute atomic E-state index is 12.6. The molecule has 0 aromatic heterocycles. The van der Waals surface area contributed by atoms with Gasteiger partial charge in [0.05, 0.1) is 25.7 Å². The quantitative estimate of drug-likeness (QED) is 0.252. The zero-order valence-electron chi connectivity index (χ0n) is 16.9. The van der Waals surface area contributed by atoms with Crippen LogP contribution in [0.5, 0.6) is 17.2 Å². The van der Waals surface area contributed by atoms with Gasteiger partial charge in [0, 0.05) is 11.0 Å². The molecule has 34 heavy (non-hydrogen) atoms. The number of nitro groups is 1. The predicted molar refractivity (Wildman–Crippen MR) is 124 cm³/mol. The Labute approximate surface area is 209 Å². The normalized spacial score (nSPS) is 11.6. The number of benzene rings is 3. The maximum atomic E-state index is 12.6. The van der Waals surface area contributed by atoms with E-state index in [0.29, 0.717) is 10.8 Å². The van der Waals surface area contributed by atoms with Crippen LogP contribution in [0.25, 0.3) is 0 Å². The fraction of sp³-hybridized carbons (Fsp3) is 0.100. The Morgan fingerprint density at radius 2 is 1.56 bits per heavy atom. The lowest BCUT2D eigenvalue weighted by Crippen LogP contribution is -2.17. The summed E-state index contributed by atoms with van der Waals surface area (Å²) in [4.78, 5) is 8.48. The number of nitrogens with zero attached hydrogens (tertiary/aromatic N) is 1. The van der Waals surface area contributed by atoms with Crippen LogP contribution in [-0.4, -0.2) is 22.5 Å². The van der Waals surface area contributed by atoms with Crippen LogP contribution in [0.15, 0.2) is 65.6 Å². The number of ether oxygens (including phenoxy) is 2. The number of anilines is 1. The van der Waals surface area contributed by atoms with Crippen molar-refractivity contribution in [3.63, 3.8) is 0 Å². The summed E-state index contributed by atoms with van der Waals surface area (Å²) in [7, 11) is -0.994. The summed E-state index contributed by atoms with van der Waals surface area (Å²) in [6, 6.07) is 14.3. The molecule has 182 valence electrons. The van der Waals surface area contributed by atoms with E-state index in [0.717, 1.165) is 19.2 Å². The van der Waals surface area contributed by atoms with E-state index < -0.39 is 28.0 Å². The summed E-state index contributed by atoms with van der Waals surface area (Å²) >= 11 is 18.5. The van der Waals surface area contributed by atoms with Crippen molar-refractivity contribution in [2.75, 3.05) is 11.8 Å². The molecule has 0 aliphatic rings. The van der Waals surface area contributed by atoms with Crippen molar-refractivity contribution in [3.05, 3.63) is 85.8 Å². The van der Waals surface area contributed by atoms with E-state index in [2.05, 4.69) is 9.46 Å². The van der Waals surface area contributed by atoms with Gasteiger partial charge in [-0.25, -0.2) is 4.21 Å². The molecule has 3 aromatic carbocycles. The van der Waals surface area contributed by atoms with Crippen molar-refractivity contribution in [2.24, 2.45) is 0 Å². The average molecular weight is 558 g/mol. The van der Waals surface area contributed by atoms with Crippen molar-refractivity contribution in [2.45, 2.75) is 11.3 Å². The highest BCUT2D eigenvalue weighted by Gasteiger charge is 2.31. The number of hydrogen-bond donors (Lipinski definition) is 1. The molecule has 0 saturated heterocycles. The summed E-state index contributed by atoms with van der Waals surface area (Å²) in [6.07, 6.45) is -4.84. The van der Waals surface area contributed by atoms with E-state index in [9.17, 15) is 17.4 Å². The van der Waals surface area contributed by atoms with Crippen LogP contribution in [0.2, 0.25) is 15.1 Å². The van der Waals surface area contributed by atoms with Crippen LogP contribution < -0.4 is 14.2 Å². The molecular formula is C20H14Cl3F3N2O5S. The topological polar surface area (TPSA) is 90.7 Å². The Balaban J connectivity index is 0.000000945. The molecule has 0 amide bonds. The smallest absolute Gasteiger partial charge is 0.453 e. The second-order valence-corrected chi connectivity index (χ2v) is 8.57. The molecule has 1 unspecified atom stereocenters. The van der Waals surface area contributed by atoms with Crippen molar-refractivity contribution in [3.8, 4) is 17.2 Å². The molecule has 0 aliphatic heterocycles. The van der Waals surface area contributed by atoms with Gasteiger partial charge in [0.2, 0.25) is 0 Å². The van der Waals surface area contributed by atoms with Crippen LogP contribution in [-0.2, 0) is 11.0 Å². The second-order valence-electron chi connectivity index (χ2n) is 6.13. The molecule has 1 N–H and O–H groups in total. The molecule has 14 heteroatoms. The molecule has 0 bridgehead atoms. The summed E-state index contributed by atoms with van der Waals surface area (Å²) in [5.74, 6) is -0.00625. The molecule has 3 rings (SSSR count). The SMILES string of the molecule is C[N+](=O)[O-].O=S(Nc1cccc(OC(F)(F)F)c1)c1cc(Cl)c(Oc2ccccc2Cl)c(Cl)c1. The number of para-hydroxylation sites is 1. The monoisotopic (exact) mass is 556 g/mol. The number of halogens is 6. The van der Waals surface area contributed by atoms with Gasteiger partial charge >= 0.3 is 6.36 Å². The highest BCUT2D eigenvalue weighted by atomic mass is 35.5. The average Bonchev–Trinajstić information content (AvgIpc) is 2.70. The van der Waals surface area contributed by atoms with Gasteiger partial charge in [-0.15, -0.1) is 13.2 Å². The minimum Gasteiger partial charge on any atom is -0.453 e. The highest BCUT2D eigenvalue weighted by molar-refractivity contribution is 7.86. The molecule has 1 atom stereocenters. The van der Waals surface area contributed by atoms with Gasteiger partial charge in [0.25, 0.3) is 0 Å². The summed E-state index contributed by atoms with van der Waals surface area (Å²) in [6.45, 7) is 0. The highest BCUT2D eigenvalue weighted by Crippen LogP contribution is 2.40. The Kier molecular flexibility index (Phi) is 9.80. The Bertz CT molecular complexity index is 1170. The van der Waals surface area contributed by atoms with Gasteiger partial charge in [0.1, 0.15) is 22.5 Å². The minimum absolute atomic E-state index is 0.0710. The largest absolute Gasteiger partial charge is 0.573 e. The van der Waals surface area contributed by atoms with E-state index in [-0.39, 0.29) is 26.4 Å². The first kappa shape index (κ1) is 27.5. The van der Waals surface area contributed by atoms with Gasteiger partial charge in [0.15, 0.2) is 12.8 Å². The standard InChI is InChI=1S/C19H11Cl3F3NO3S.CH3NO2/c20-14-6-1-2-7-17(14)28-18-15(21)9-13(10-16(18)22)30(27)26-11-4-3-5-12(8-11)29-19(23,24)25;1-2(3)4/h1-10,26H;1H3. The lowest BCUT2D eigenvalue weighted by atomic mass is 10.3. The Morgan fingerprint density at radius 3 is 2.12 bits per heavy atom. The lowest BCUT2D eigenvalue weighted by molar-refractivity contribution is -0.445. The third-order valence-corrected chi connectivity index (χ3v) is 5.47. The third kappa shape index (κ3) is 8.90. The van der Waals surface area contributed by atoms with Crippen molar-refractivity contribution < 1.29 is 31.8 Å². The predicted octanol–water partition coefficient (Wildman–Crippen LogP) is 7.37. The van der Waals surface area contributed by atoms with Crippen molar-refractivity contribution in [1.29, 1.82) is 0 Å². The van der Waals surface area contributed by atoms with Gasteiger partial charge in [-0.2, -0.15) is 0 Å². The lowest BCUT2D eigenvalue weighted by Gasteiger charge is -2.13. The molecule has 0 radical (unpaired) electrons. The Hall–Kier alpha value is -2.73. The first-order chi connectivity index (χ1) is 15.9. The molecule has 7 nitrogen and oxygen atoms in total. The molecule has 0 saturated carbocycles. The Morgan fingerprint density at radius 1 is 0.971 bits per heavy atom. The number of rotatable bonds is 6. The first-order valence-electron chi connectivity index (χ1n) is 8.89. The van der Waals surface area contributed by atoms with E-state index in [1.807, 2.05) is 0 Å². The third-order valence-electron chi connectivity index (χ3n) is 3.51. The fourth-order valence-electron chi connectivity index (χ4n) is 2.30. The summed E-state index contributed by atoms with van der Waals surface area (Å²) < 4.78 is 61.7. The minimum atomic E-state index is -4.84. The van der Waals surface area contributed by atoms with Crippen LogP contribution in [0.4, 0.5) is 18.9 Å². The second kappa shape index (κ2) is 12.1. The van der Waals surface area contributed by atoms with E-state index >= 15 is 0 Å². The van der Waals surface area contributed by atoms with Crippen LogP contribution >= 0.6 is 34.8 Å². The maximum Gasteiger partial charge on any atom is 0.573 e. The van der Waals surface area contributed by atoms with Gasteiger partial charge in [-0.05, 0) is 36.4 Å². The zero-order valence-corrected chi connectivity index (χ0v) is 20.0. The molecule has 0 fully saturated rings. The molecular weight excluding hydrogens is 544 g/mol. The van der Waals surface area contributed by atoms with Crippen LogP contribution in [0.3, 0.4) is 0 Å². The molecule has 0 aliphatic carbocycles. The van der Waals surface area contributed by atoms with Gasteiger partial charge < -0.3 is 14.2 Å². The summed E-state index contributed by atoms with van der Waals surface area (Å²) in [5.41, 5.74) is 0.138. The first-order valence-corrected chi connectivity index (χ1v) is 11.2. The van der Waals surface area contributed by atoms with Gasteiger partial charge in [-0.1, -0.05) is 53.0 Å². The number of hydrogen-bond acceptors (Lipinski definition) is 5. The number of nitrogens with one attached hydrogen (secondary N) is 1. The fourth-order valence-corrected chi connectivity index (χ4v) is 4.08. The molecule has 0 heterocycles. The zero-order chi connectivity index (χ0) is 25.5. The van der Waals surface area contributed by atoms with Crippen LogP contribution in [0.1, 0.15) is 0 Å². The van der Waals surface area contributed by atoms with E-state index in [1.165, 1.54) is 24.3 Å². The van der Waals surface area contributed by atoms with Crippen molar-refractivity contribution in [1.82, 2.24) is 0 Å². The number of alkyl halides is 3.